The number of ether oxygens (including phenoxy) is 1. The maximum atomic E-state index is 10.9. The van der Waals surface area contributed by atoms with Crippen LogP contribution in [0.5, 0.6) is 5.75 Å². The molecule has 0 atom stereocenters. The molecule has 1 rings (SSSR count). The van der Waals surface area contributed by atoms with Crippen LogP contribution >= 0.6 is 27.5 Å². The van der Waals surface area contributed by atoms with Crippen molar-refractivity contribution >= 4 is 37.4 Å². The number of hydrogen-bond acceptors (Lipinski definition) is 4. The smallest absolute Gasteiger partial charge is 0.148 e. The van der Waals surface area contributed by atoms with Gasteiger partial charge in [-0.05, 0) is 18.2 Å². The molecular formula is C11H15BrClNO3S. The predicted octanol–water partition coefficient (Wildman–Crippen LogP) is 2.12. The normalized spacial score (nSPS) is 11.5. The highest BCUT2D eigenvalue weighted by molar-refractivity contribution is 9.10. The van der Waals surface area contributed by atoms with E-state index in [2.05, 4.69) is 21.2 Å². The quantitative estimate of drug-likeness (QED) is 0.760. The molecule has 102 valence electrons. The van der Waals surface area contributed by atoms with Crippen molar-refractivity contribution in [3.63, 3.8) is 0 Å². The summed E-state index contributed by atoms with van der Waals surface area (Å²) in [5.41, 5.74) is 0. The molecule has 0 bridgehead atoms. The van der Waals surface area contributed by atoms with Gasteiger partial charge in [-0.2, -0.15) is 0 Å². The summed E-state index contributed by atoms with van der Waals surface area (Å²) in [5.74, 6) is 0.747. The number of rotatable bonds is 7. The predicted molar refractivity (Wildman–Crippen MR) is 77.2 cm³/mol. The van der Waals surface area contributed by atoms with Gasteiger partial charge in [-0.25, -0.2) is 8.42 Å². The van der Waals surface area contributed by atoms with Gasteiger partial charge < -0.3 is 10.1 Å². The van der Waals surface area contributed by atoms with Crippen LogP contribution in [0, 0.1) is 0 Å². The Balaban J connectivity index is 2.22. The second-order valence-electron chi connectivity index (χ2n) is 3.80. The van der Waals surface area contributed by atoms with Crippen molar-refractivity contribution in [3.05, 3.63) is 27.7 Å². The summed E-state index contributed by atoms with van der Waals surface area (Å²) in [6, 6.07) is 5.38. The van der Waals surface area contributed by atoms with Gasteiger partial charge in [0.2, 0.25) is 0 Å². The monoisotopic (exact) mass is 355 g/mol. The Labute approximate surface area is 121 Å². The molecule has 0 unspecified atom stereocenters. The van der Waals surface area contributed by atoms with Gasteiger partial charge in [0.25, 0.3) is 0 Å². The van der Waals surface area contributed by atoms with Crippen LogP contribution in [0.25, 0.3) is 0 Å². The molecule has 0 aliphatic heterocycles. The Morgan fingerprint density at radius 3 is 2.72 bits per heavy atom. The zero-order valence-corrected chi connectivity index (χ0v) is 13.1. The van der Waals surface area contributed by atoms with Crippen LogP contribution in [-0.4, -0.2) is 40.1 Å². The molecular weight excluding hydrogens is 342 g/mol. The molecule has 1 aromatic carbocycles. The van der Waals surface area contributed by atoms with Gasteiger partial charge in [0, 0.05) is 23.8 Å². The van der Waals surface area contributed by atoms with E-state index < -0.39 is 9.84 Å². The van der Waals surface area contributed by atoms with E-state index in [1.54, 1.807) is 12.1 Å². The zero-order valence-electron chi connectivity index (χ0n) is 9.95. The van der Waals surface area contributed by atoms with Crippen LogP contribution in [0.3, 0.4) is 0 Å². The molecule has 0 amide bonds. The summed E-state index contributed by atoms with van der Waals surface area (Å²) in [6.07, 6.45) is 1.22. The lowest BCUT2D eigenvalue weighted by Gasteiger charge is -2.09. The van der Waals surface area contributed by atoms with Gasteiger partial charge in [0.15, 0.2) is 0 Å². The number of halogens is 2. The zero-order chi connectivity index (χ0) is 13.6. The van der Waals surface area contributed by atoms with Crippen molar-refractivity contribution in [2.45, 2.75) is 0 Å². The first-order chi connectivity index (χ1) is 8.38. The number of sulfone groups is 1. The Hall–Kier alpha value is -0.300. The van der Waals surface area contributed by atoms with E-state index in [0.29, 0.717) is 30.5 Å². The van der Waals surface area contributed by atoms with Gasteiger partial charge >= 0.3 is 0 Å². The summed E-state index contributed by atoms with van der Waals surface area (Å²) in [5, 5.41) is 3.53. The minimum absolute atomic E-state index is 0.131. The molecule has 0 heterocycles. The third-order valence-corrected chi connectivity index (χ3v) is 3.81. The lowest BCUT2D eigenvalue weighted by atomic mass is 10.3. The van der Waals surface area contributed by atoms with Gasteiger partial charge in [-0.3, -0.25) is 0 Å². The van der Waals surface area contributed by atoms with Gasteiger partial charge in [-0.15, -0.1) is 0 Å². The Bertz CT molecular complexity index is 493. The van der Waals surface area contributed by atoms with E-state index in [0.717, 1.165) is 4.47 Å². The fourth-order valence-electron chi connectivity index (χ4n) is 1.21. The average molecular weight is 357 g/mol. The SMILES string of the molecule is CS(=O)(=O)CCNCCOc1ccc(Br)cc1Cl. The van der Waals surface area contributed by atoms with Crippen molar-refractivity contribution in [1.29, 1.82) is 0 Å². The lowest BCUT2D eigenvalue weighted by Crippen LogP contribution is -2.26. The molecule has 0 saturated carbocycles. The van der Waals surface area contributed by atoms with E-state index >= 15 is 0 Å². The molecule has 0 saturated heterocycles. The molecule has 7 heteroatoms. The van der Waals surface area contributed by atoms with Crippen molar-refractivity contribution in [1.82, 2.24) is 5.32 Å². The molecule has 1 aromatic rings. The third kappa shape index (κ3) is 6.58. The maximum absolute atomic E-state index is 10.9. The first kappa shape index (κ1) is 15.8. The van der Waals surface area contributed by atoms with Crippen LogP contribution < -0.4 is 10.1 Å². The molecule has 0 radical (unpaired) electrons. The molecule has 1 N–H and O–H groups in total. The first-order valence-electron chi connectivity index (χ1n) is 5.35. The van der Waals surface area contributed by atoms with Crippen LogP contribution in [0.2, 0.25) is 5.02 Å². The van der Waals surface area contributed by atoms with Crippen molar-refractivity contribution in [3.8, 4) is 5.75 Å². The Kier molecular flexibility index (Phi) is 6.42. The number of hydrogen-bond donors (Lipinski definition) is 1. The van der Waals surface area contributed by atoms with Crippen LogP contribution in [-0.2, 0) is 9.84 Å². The highest BCUT2D eigenvalue weighted by Gasteiger charge is 2.02. The minimum Gasteiger partial charge on any atom is -0.491 e. The van der Waals surface area contributed by atoms with Gasteiger partial charge in [0.1, 0.15) is 22.2 Å². The van der Waals surface area contributed by atoms with Crippen LogP contribution in [0.4, 0.5) is 0 Å². The molecule has 18 heavy (non-hydrogen) atoms. The fraction of sp³-hybridized carbons (Fsp3) is 0.455. The highest BCUT2D eigenvalue weighted by atomic mass is 79.9. The highest BCUT2D eigenvalue weighted by Crippen LogP contribution is 2.27. The second kappa shape index (κ2) is 7.33. The van der Waals surface area contributed by atoms with E-state index in [9.17, 15) is 8.42 Å². The summed E-state index contributed by atoms with van der Waals surface area (Å²) in [6.45, 7) is 1.43. The summed E-state index contributed by atoms with van der Waals surface area (Å²) >= 11 is 9.28. The topological polar surface area (TPSA) is 55.4 Å². The average Bonchev–Trinajstić information content (AvgIpc) is 2.24. The minimum atomic E-state index is -2.90. The molecule has 0 spiro atoms. The summed E-state index contributed by atoms with van der Waals surface area (Å²) in [7, 11) is -2.90. The van der Waals surface area contributed by atoms with Crippen LogP contribution in [0.1, 0.15) is 0 Å². The lowest BCUT2D eigenvalue weighted by molar-refractivity contribution is 0.315. The maximum Gasteiger partial charge on any atom is 0.148 e. The van der Waals surface area contributed by atoms with E-state index in [-0.39, 0.29) is 5.75 Å². The fourth-order valence-corrected chi connectivity index (χ4v) is 2.45. The van der Waals surface area contributed by atoms with Crippen molar-refractivity contribution < 1.29 is 13.2 Å². The molecule has 4 nitrogen and oxygen atoms in total. The van der Waals surface area contributed by atoms with Crippen molar-refractivity contribution in [2.24, 2.45) is 0 Å². The third-order valence-electron chi connectivity index (χ3n) is 2.08. The molecule has 0 aliphatic carbocycles. The molecule has 0 aromatic heterocycles. The van der Waals surface area contributed by atoms with Crippen LogP contribution in [0.15, 0.2) is 22.7 Å². The van der Waals surface area contributed by atoms with E-state index in [4.69, 9.17) is 16.3 Å². The Morgan fingerprint density at radius 1 is 1.39 bits per heavy atom. The number of benzene rings is 1. The largest absolute Gasteiger partial charge is 0.491 e. The molecule has 0 fully saturated rings. The van der Waals surface area contributed by atoms with E-state index in [1.807, 2.05) is 6.07 Å². The number of nitrogens with one attached hydrogen (secondary N) is 1. The summed E-state index contributed by atoms with van der Waals surface area (Å²) < 4.78 is 28.1. The Morgan fingerprint density at radius 2 is 2.11 bits per heavy atom. The van der Waals surface area contributed by atoms with Gasteiger partial charge in [-0.1, -0.05) is 27.5 Å². The van der Waals surface area contributed by atoms with Gasteiger partial charge in [0.05, 0.1) is 10.8 Å². The van der Waals surface area contributed by atoms with E-state index in [1.165, 1.54) is 6.26 Å². The molecule has 0 aliphatic rings. The standard InChI is InChI=1S/C11H15BrClNO3S/c1-18(15,16)7-5-14-4-6-17-11-3-2-9(12)8-10(11)13/h2-3,8,14H,4-7H2,1H3. The second-order valence-corrected chi connectivity index (χ2v) is 7.39. The first-order valence-corrected chi connectivity index (χ1v) is 8.58. The summed E-state index contributed by atoms with van der Waals surface area (Å²) in [4.78, 5) is 0. The van der Waals surface area contributed by atoms with Crippen molar-refractivity contribution in [2.75, 3.05) is 31.7 Å².